The summed E-state index contributed by atoms with van der Waals surface area (Å²) < 4.78 is 0. The van der Waals surface area contributed by atoms with Gasteiger partial charge in [0.2, 0.25) is 0 Å². The van der Waals surface area contributed by atoms with Crippen molar-refractivity contribution in [2.75, 3.05) is 0 Å². The van der Waals surface area contributed by atoms with Crippen molar-refractivity contribution in [2.45, 2.75) is 40.5 Å². The number of nitrogens with zero attached hydrogens (tertiary/aromatic N) is 1. The lowest BCUT2D eigenvalue weighted by Crippen LogP contribution is -1.92. The maximum absolute atomic E-state index is 4.74. The van der Waals surface area contributed by atoms with E-state index in [0.717, 1.165) is 40.8 Å². The normalized spacial score (nSPS) is 18.0. The Morgan fingerprint density at radius 2 is 1.62 bits per heavy atom. The molecule has 0 aliphatic heterocycles. The van der Waals surface area contributed by atoms with Crippen molar-refractivity contribution in [3.63, 3.8) is 0 Å². The Morgan fingerprint density at radius 3 is 2.44 bits per heavy atom. The number of allylic oxidation sites excluding steroid dienone is 15. The number of rotatable bonds is 6. The molecule has 3 aliphatic carbocycles. The van der Waals surface area contributed by atoms with Gasteiger partial charge in [-0.25, -0.2) is 0 Å². The van der Waals surface area contributed by atoms with E-state index >= 15 is 0 Å². The SMILES string of the molecule is C=C1c2ccc(-c3cc(C(/C=C\C)=C/C4=C/C5=CC=C/C(=C/C=C\C4)C5)cc(-c4ccccn4)c3)cc2-c2cccc(/C=C\C)c21.CC. The smallest absolute Gasteiger partial charge is 0.0702 e. The number of aromatic nitrogens is 1. The van der Waals surface area contributed by atoms with Crippen molar-refractivity contribution >= 4 is 17.2 Å². The number of benzene rings is 3. The highest BCUT2D eigenvalue weighted by Crippen LogP contribution is 2.47. The van der Waals surface area contributed by atoms with Crippen molar-refractivity contribution in [3.05, 3.63) is 191 Å². The molecule has 7 rings (SSSR count). The molecule has 48 heavy (non-hydrogen) atoms. The van der Waals surface area contributed by atoms with E-state index < -0.39 is 0 Å². The Labute approximate surface area is 286 Å². The molecule has 0 saturated carbocycles. The fourth-order valence-corrected chi connectivity index (χ4v) is 6.70. The van der Waals surface area contributed by atoms with Gasteiger partial charge >= 0.3 is 0 Å². The highest BCUT2D eigenvalue weighted by atomic mass is 14.7. The Hall–Kier alpha value is -5.53. The van der Waals surface area contributed by atoms with E-state index in [0.29, 0.717) is 0 Å². The van der Waals surface area contributed by atoms with Crippen LogP contribution in [0.2, 0.25) is 0 Å². The summed E-state index contributed by atoms with van der Waals surface area (Å²) in [7, 11) is 0. The van der Waals surface area contributed by atoms with E-state index in [2.05, 4.69) is 160 Å². The van der Waals surface area contributed by atoms with Gasteiger partial charge < -0.3 is 0 Å². The fraction of sp³-hybridized carbons (Fsp3) is 0.128. The molecule has 0 N–H and O–H groups in total. The van der Waals surface area contributed by atoms with Gasteiger partial charge in [-0.15, -0.1) is 0 Å². The molecule has 0 fully saturated rings. The molecule has 3 aromatic carbocycles. The lowest BCUT2D eigenvalue weighted by Gasteiger charge is -2.14. The zero-order chi connectivity index (χ0) is 33.5. The molecule has 236 valence electrons. The molecule has 0 amide bonds. The maximum atomic E-state index is 4.74. The van der Waals surface area contributed by atoms with Crippen LogP contribution in [0.3, 0.4) is 0 Å². The van der Waals surface area contributed by atoms with Crippen molar-refractivity contribution in [1.82, 2.24) is 4.98 Å². The zero-order valence-corrected chi connectivity index (χ0v) is 28.5. The van der Waals surface area contributed by atoms with Crippen LogP contribution in [0.5, 0.6) is 0 Å². The third-order valence-corrected chi connectivity index (χ3v) is 8.83. The van der Waals surface area contributed by atoms with Gasteiger partial charge in [-0.3, -0.25) is 4.98 Å². The molecule has 1 heteroatoms. The first-order valence-corrected chi connectivity index (χ1v) is 17.1. The summed E-state index contributed by atoms with van der Waals surface area (Å²) in [5.74, 6) is 0. The van der Waals surface area contributed by atoms with E-state index in [1.807, 2.05) is 26.1 Å². The summed E-state index contributed by atoms with van der Waals surface area (Å²) in [5, 5.41) is 0. The Morgan fingerprint density at radius 1 is 0.771 bits per heavy atom. The molecule has 1 aromatic heterocycles. The van der Waals surface area contributed by atoms with Gasteiger partial charge in [0.05, 0.1) is 5.69 Å². The molecule has 0 spiro atoms. The predicted octanol–water partition coefficient (Wildman–Crippen LogP) is 13.2. The molecule has 2 bridgehead atoms. The van der Waals surface area contributed by atoms with Crippen LogP contribution in [0, 0.1) is 0 Å². The first kappa shape index (κ1) is 32.4. The minimum absolute atomic E-state index is 0.873. The summed E-state index contributed by atoms with van der Waals surface area (Å²) in [6, 6.07) is 26.4. The molecule has 0 unspecified atom stereocenters. The van der Waals surface area contributed by atoms with Gasteiger partial charge in [0.25, 0.3) is 0 Å². The van der Waals surface area contributed by atoms with Crippen molar-refractivity contribution in [1.29, 1.82) is 0 Å². The first-order chi connectivity index (χ1) is 23.6. The van der Waals surface area contributed by atoms with Gasteiger partial charge in [0.15, 0.2) is 0 Å². The van der Waals surface area contributed by atoms with Crippen LogP contribution in [0.25, 0.3) is 50.7 Å². The van der Waals surface area contributed by atoms with Gasteiger partial charge in [-0.05, 0) is 135 Å². The number of pyridine rings is 1. The molecular formula is C47H43N. The lowest BCUT2D eigenvalue weighted by molar-refractivity contribution is 1.17. The number of hydrogen-bond acceptors (Lipinski definition) is 1. The Bertz CT molecular complexity index is 2100. The molecular weight excluding hydrogens is 579 g/mol. The monoisotopic (exact) mass is 621 g/mol. The van der Waals surface area contributed by atoms with Crippen LogP contribution >= 0.6 is 0 Å². The predicted molar refractivity (Wildman–Crippen MR) is 209 cm³/mol. The number of hydrogen-bond donors (Lipinski definition) is 0. The quantitative estimate of drug-likeness (QED) is 0.172. The lowest BCUT2D eigenvalue weighted by atomic mass is 9.91. The average Bonchev–Trinajstić information content (AvgIpc) is 3.45. The van der Waals surface area contributed by atoms with Crippen molar-refractivity contribution in [2.24, 2.45) is 0 Å². The second-order valence-electron chi connectivity index (χ2n) is 12.0. The minimum atomic E-state index is 0.873. The first-order valence-electron chi connectivity index (χ1n) is 17.1. The third kappa shape index (κ3) is 6.77. The summed E-state index contributed by atoms with van der Waals surface area (Å²) >= 11 is 0. The maximum Gasteiger partial charge on any atom is 0.0702 e. The van der Waals surface area contributed by atoms with Crippen LogP contribution in [0.4, 0.5) is 0 Å². The van der Waals surface area contributed by atoms with E-state index in [1.165, 1.54) is 55.7 Å². The Kier molecular flexibility index (Phi) is 10.1. The second-order valence-corrected chi connectivity index (χ2v) is 12.0. The molecule has 3 aliphatic rings. The summed E-state index contributed by atoms with van der Waals surface area (Å²) in [6.07, 6.45) is 30.3. The van der Waals surface area contributed by atoms with Gasteiger partial charge in [-0.1, -0.05) is 130 Å². The standard InChI is InChI=1S/C45H37N.C2H6/c1-4-12-35-18-11-19-42-43-30-37(21-22-41(43)31(3)45(35)42)39-27-38(28-40(29-39)44-20-8-9-23-46-44)36(13-5-2)26-34-15-7-6-14-32-16-10-17-33(24-32)25-34;1-2/h4-14,16-23,25-30H,3,15,24H2,1-2H3;1-2H3/b7-6-,12-4-,13-5-,32-14-,34-25+,36-26+;. The van der Waals surface area contributed by atoms with Crippen molar-refractivity contribution in [3.8, 4) is 33.5 Å². The van der Waals surface area contributed by atoms with Crippen LogP contribution in [-0.2, 0) is 0 Å². The summed E-state index contributed by atoms with van der Waals surface area (Å²) in [4.78, 5) is 4.74. The third-order valence-electron chi connectivity index (χ3n) is 8.83. The Balaban J connectivity index is 0.00000197. The van der Waals surface area contributed by atoms with E-state index in [-0.39, 0.29) is 0 Å². The average molecular weight is 622 g/mol. The van der Waals surface area contributed by atoms with E-state index in [1.54, 1.807) is 0 Å². The van der Waals surface area contributed by atoms with Crippen molar-refractivity contribution < 1.29 is 0 Å². The molecule has 4 aromatic rings. The largest absolute Gasteiger partial charge is 0.256 e. The van der Waals surface area contributed by atoms with Crippen LogP contribution in [0.15, 0.2) is 169 Å². The molecule has 0 saturated heterocycles. The highest BCUT2D eigenvalue weighted by Gasteiger charge is 2.24. The van der Waals surface area contributed by atoms with Gasteiger partial charge in [-0.2, -0.15) is 0 Å². The molecule has 1 heterocycles. The van der Waals surface area contributed by atoms with Crippen LogP contribution in [0.1, 0.15) is 62.8 Å². The van der Waals surface area contributed by atoms with Gasteiger partial charge in [0.1, 0.15) is 0 Å². The summed E-state index contributed by atoms with van der Waals surface area (Å²) in [5.41, 5.74) is 17.9. The van der Waals surface area contributed by atoms with E-state index in [4.69, 9.17) is 4.98 Å². The molecule has 1 nitrogen and oxygen atoms in total. The van der Waals surface area contributed by atoms with Crippen LogP contribution in [-0.4, -0.2) is 4.98 Å². The minimum Gasteiger partial charge on any atom is -0.256 e. The van der Waals surface area contributed by atoms with E-state index in [9.17, 15) is 0 Å². The van der Waals surface area contributed by atoms with Crippen LogP contribution < -0.4 is 0 Å². The fourth-order valence-electron chi connectivity index (χ4n) is 6.70. The topological polar surface area (TPSA) is 12.9 Å². The van der Waals surface area contributed by atoms with Gasteiger partial charge in [0, 0.05) is 11.8 Å². The summed E-state index contributed by atoms with van der Waals surface area (Å²) in [6.45, 7) is 12.7. The highest BCUT2D eigenvalue weighted by molar-refractivity contribution is 6.04. The number of fused-ring (bicyclic) bond motifs is 5. The zero-order valence-electron chi connectivity index (χ0n) is 28.5. The molecule has 0 atom stereocenters. The second kappa shape index (κ2) is 14.9. The molecule has 0 radical (unpaired) electrons.